The summed E-state index contributed by atoms with van der Waals surface area (Å²) in [5, 5.41) is 1.03. The molecule has 2 rings (SSSR count). The second-order valence-corrected chi connectivity index (χ2v) is 7.94. The highest BCUT2D eigenvalue weighted by molar-refractivity contribution is 7.92. The molecule has 0 bridgehead atoms. The summed E-state index contributed by atoms with van der Waals surface area (Å²) in [6.45, 7) is 0.332. The predicted octanol–water partition coefficient (Wildman–Crippen LogP) is 3.64. The van der Waals surface area contributed by atoms with Gasteiger partial charge in [-0.2, -0.15) is 0 Å². The number of nitrogens with one attached hydrogen (secondary N) is 1. The van der Waals surface area contributed by atoms with Gasteiger partial charge in [0.2, 0.25) is 10.0 Å². The fourth-order valence-electron chi connectivity index (χ4n) is 2.09. The van der Waals surface area contributed by atoms with E-state index in [1.807, 2.05) is 0 Å². The number of carbonyl (C=O) groups excluding carboxylic acids is 1. The van der Waals surface area contributed by atoms with Crippen molar-refractivity contribution in [3.05, 3.63) is 63.6 Å². The molecule has 0 aromatic heterocycles. The van der Waals surface area contributed by atoms with Crippen molar-refractivity contribution in [2.75, 3.05) is 18.0 Å². The quantitative estimate of drug-likeness (QED) is 0.852. The predicted molar refractivity (Wildman–Crippen MR) is 97.2 cm³/mol. The lowest BCUT2D eigenvalue weighted by Gasteiger charge is -2.18. The Morgan fingerprint density at radius 2 is 1.75 bits per heavy atom. The van der Waals surface area contributed by atoms with Crippen molar-refractivity contribution in [1.29, 1.82) is 0 Å². The molecule has 0 unspecified atom stereocenters. The van der Waals surface area contributed by atoms with Crippen LogP contribution in [0.2, 0.25) is 10.0 Å². The molecule has 0 spiro atoms. The van der Waals surface area contributed by atoms with Crippen LogP contribution in [-0.2, 0) is 16.6 Å². The second kappa shape index (κ2) is 7.42. The first-order valence-electron chi connectivity index (χ1n) is 6.93. The molecule has 128 valence electrons. The molecule has 0 fully saturated rings. The van der Waals surface area contributed by atoms with Crippen LogP contribution in [-0.4, -0.2) is 32.5 Å². The summed E-state index contributed by atoms with van der Waals surface area (Å²) in [6, 6.07) is 11.3. The summed E-state index contributed by atoms with van der Waals surface area (Å²) in [5.41, 5.74) is 1.63. The number of benzene rings is 2. The fourth-order valence-corrected chi connectivity index (χ4v) is 3.13. The number of sulfonamides is 1. The van der Waals surface area contributed by atoms with Crippen LogP contribution < -0.4 is 4.72 Å². The third-order valence-electron chi connectivity index (χ3n) is 3.20. The van der Waals surface area contributed by atoms with Gasteiger partial charge in [0.05, 0.1) is 6.26 Å². The van der Waals surface area contributed by atoms with E-state index in [2.05, 4.69) is 4.72 Å². The third-order valence-corrected chi connectivity index (χ3v) is 4.40. The molecule has 0 aliphatic carbocycles. The largest absolute Gasteiger partial charge is 0.337 e. The fraction of sp³-hybridized carbons (Fsp3) is 0.188. The lowest BCUT2D eigenvalue weighted by atomic mass is 10.1. The maximum absolute atomic E-state index is 12.4. The summed E-state index contributed by atoms with van der Waals surface area (Å²) in [6.07, 6.45) is 1.07. The molecule has 8 heteroatoms. The van der Waals surface area contributed by atoms with Crippen molar-refractivity contribution in [3.63, 3.8) is 0 Å². The molecule has 24 heavy (non-hydrogen) atoms. The number of hydrogen-bond acceptors (Lipinski definition) is 3. The van der Waals surface area contributed by atoms with Crippen molar-refractivity contribution in [2.45, 2.75) is 6.54 Å². The zero-order valence-electron chi connectivity index (χ0n) is 13.1. The molecule has 0 atom stereocenters. The molecule has 0 aliphatic heterocycles. The number of rotatable bonds is 5. The minimum atomic E-state index is -3.35. The zero-order valence-corrected chi connectivity index (χ0v) is 15.4. The van der Waals surface area contributed by atoms with Crippen molar-refractivity contribution >= 4 is 44.8 Å². The first-order valence-corrected chi connectivity index (χ1v) is 9.58. The van der Waals surface area contributed by atoms with Gasteiger partial charge < -0.3 is 4.90 Å². The SMILES string of the molecule is CN(Cc1ccc(Cl)cc1Cl)C(=O)c1ccc(NS(C)(=O)=O)cc1. The summed E-state index contributed by atoms with van der Waals surface area (Å²) in [4.78, 5) is 14.0. The number of amides is 1. The van der Waals surface area contributed by atoms with Crippen molar-refractivity contribution < 1.29 is 13.2 Å². The van der Waals surface area contributed by atoms with E-state index in [0.717, 1.165) is 11.8 Å². The van der Waals surface area contributed by atoms with Gasteiger partial charge in [0.15, 0.2) is 0 Å². The Morgan fingerprint density at radius 1 is 1.12 bits per heavy atom. The van der Waals surface area contributed by atoms with E-state index in [1.54, 1.807) is 37.4 Å². The standard InChI is InChI=1S/C16H16Cl2N2O3S/c1-20(10-12-3-6-13(17)9-15(12)18)16(21)11-4-7-14(8-5-11)19-24(2,22)23/h3-9,19H,10H2,1-2H3. The van der Waals surface area contributed by atoms with E-state index in [9.17, 15) is 13.2 Å². The molecule has 0 heterocycles. The molecular formula is C16H16Cl2N2O3S. The van der Waals surface area contributed by atoms with E-state index >= 15 is 0 Å². The van der Waals surface area contributed by atoms with E-state index in [1.165, 1.54) is 17.0 Å². The van der Waals surface area contributed by atoms with Gasteiger partial charge in [0.1, 0.15) is 0 Å². The van der Waals surface area contributed by atoms with Crippen LogP contribution in [0.4, 0.5) is 5.69 Å². The minimum Gasteiger partial charge on any atom is -0.337 e. The normalized spacial score (nSPS) is 11.2. The van der Waals surface area contributed by atoms with Gasteiger partial charge in [-0.15, -0.1) is 0 Å². The van der Waals surface area contributed by atoms with Crippen LogP contribution in [0.3, 0.4) is 0 Å². The Balaban J connectivity index is 2.10. The molecule has 1 N–H and O–H groups in total. The average molecular weight is 387 g/mol. The van der Waals surface area contributed by atoms with Gasteiger partial charge in [-0.3, -0.25) is 9.52 Å². The Labute approximate surface area is 151 Å². The lowest BCUT2D eigenvalue weighted by Crippen LogP contribution is -2.26. The third kappa shape index (κ3) is 5.12. The highest BCUT2D eigenvalue weighted by Crippen LogP contribution is 2.22. The second-order valence-electron chi connectivity index (χ2n) is 5.35. The van der Waals surface area contributed by atoms with Gasteiger partial charge in [-0.05, 0) is 42.0 Å². The molecule has 0 saturated carbocycles. The van der Waals surface area contributed by atoms with Gasteiger partial charge in [0.25, 0.3) is 5.91 Å². The molecule has 2 aromatic carbocycles. The number of hydrogen-bond donors (Lipinski definition) is 1. The molecule has 2 aromatic rings. The van der Waals surface area contributed by atoms with E-state index < -0.39 is 10.0 Å². The zero-order chi connectivity index (χ0) is 17.9. The smallest absolute Gasteiger partial charge is 0.253 e. The number of anilines is 1. The van der Waals surface area contributed by atoms with Crippen LogP contribution in [0.1, 0.15) is 15.9 Å². The van der Waals surface area contributed by atoms with Gasteiger partial charge in [-0.1, -0.05) is 29.3 Å². The molecule has 0 saturated heterocycles. The highest BCUT2D eigenvalue weighted by atomic mass is 35.5. The highest BCUT2D eigenvalue weighted by Gasteiger charge is 2.14. The monoisotopic (exact) mass is 386 g/mol. The van der Waals surface area contributed by atoms with Crippen LogP contribution in [0, 0.1) is 0 Å². The number of halogens is 2. The Morgan fingerprint density at radius 3 is 2.29 bits per heavy atom. The van der Waals surface area contributed by atoms with Crippen molar-refractivity contribution in [2.24, 2.45) is 0 Å². The van der Waals surface area contributed by atoms with Crippen molar-refractivity contribution in [1.82, 2.24) is 4.90 Å². The van der Waals surface area contributed by atoms with E-state index in [0.29, 0.717) is 27.8 Å². The molecule has 1 amide bonds. The molecular weight excluding hydrogens is 371 g/mol. The van der Waals surface area contributed by atoms with E-state index in [-0.39, 0.29) is 5.91 Å². The Hall–Kier alpha value is -1.76. The van der Waals surface area contributed by atoms with Gasteiger partial charge in [-0.25, -0.2) is 8.42 Å². The number of nitrogens with zero attached hydrogens (tertiary/aromatic N) is 1. The average Bonchev–Trinajstić information content (AvgIpc) is 2.48. The summed E-state index contributed by atoms with van der Waals surface area (Å²) < 4.78 is 24.7. The summed E-state index contributed by atoms with van der Waals surface area (Å²) in [5.74, 6) is -0.202. The molecule has 0 radical (unpaired) electrons. The minimum absolute atomic E-state index is 0.202. The van der Waals surface area contributed by atoms with Gasteiger partial charge >= 0.3 is 0 Å². The molecule has 5 nitrogen and oxygen atoms in total. The van der Waals surface area contributed by atoms with Crippen LogP contribution in [0.25, 0.3) is 0 Å². The van der Waals surface area contributed by atoms with Crippen molar-refractivity contribution in [3.8, 4) is 0 Å². The molecule has 0 aliphatic rings. The maximum atomic E-state index is 12.4. The Bertz CT molecular complexity index is 852. The first-order chi connectivity index (χ1) is 11.2. The first kappa shape index (κ1) is 18.6. The topological polar surface area (TPSA) is 66.5 Å². The summed E-state index contributed by atoms with van der Waals surface area (Å²) >= 11 is 12.0. The van der Waals surface area contributed by atoms with Gasteiger partial charge in [0, 0.05) is 34.9 Å². The van der Waals surface area contributed by atoms with Crippen LogP contribution >= 0.6 is 23.2 Å². The Kier molecular flexibility index (Phi) is 5.74. The maximum Gasteiger partial charge on any atom is 0.253 e. The van der Waals surface area contributed by atoms with E-state index in [4.69, 9.17) is 23.2 Å². The van der Waals surface area contributed by atoms with Crippen LogP contribution in [0.5, 0.6) is 0 Å². The van der Waals surface area contributed by atoms with Crippen LogP contribution in [0.15, 0.2) is 42.5 Å². The summed E-state index contributed by atoms with van der Waals surface area (Å²) in [7, 11) is -1.68. The lowest BCUT2D eigenvalue weighted by molar-refractivity contribution is 0.0785. The number of carbonyl (C=O) groups is 1.